The predicted molar refractivity (Wildman–Crippen MR) is 79.1 cm³/mol. The Morgan fingerprint density at radius 3 is 2.45 bits per heavy atom. The summed E-state index contributed by atoms with van der Waals surface area (Å²) in [6.07, 6.45) is 0.724. The number of carboxylic acids is 1. The van der Waals surface area contributed by atoms with E-state index in [1.807, 2.05) is 30.3 Å². The van der Waals surface area contributed by atoms with Crippen LogP contribution in [0.3, 0.4) is 0 Å². The molecule has 0 fully saturated rings. The average Bonchev–Trinajstić information content (AvgIpc) is 2.44. The molecule has 0 bridgehead atoms. The molecule has 4 heteroatoms. The quantitative estimate of drug-likeness (QED) is 0.893. The number of hydrogen-bond acceptors (Lipinski definition) is 1. The third-order valence-electron chi connectivity index (χ3n) is 3.17. The fourth-order valence-electron chi connectivity index (χ4n) is 2.12. The summed E-state index contributed by atoms with van der Waals surface area (Å²) in [4.78, 5) is 11.4. The number of carboxylic acid groups (broad SMARTS) is 1. The highest BCUT2D eigenvalue weighted by Gasteiger charge is 2.20. The van der Waals surface area contributed by atoms with Crippen molar-refractivity contribution in [2.24, 2.45) is 5.92 Å². The molecule has 0 aliphatic heterocycles. The van der Waals surface area contributed by atoms with E-state index in [0.29, 0.717) is 22.9 Å². The van der Waals surface area contributed by atoms with E-state index in [-0.39, 0.29) is 5.82 Å². The van der Waals surface area contributed by atoms with E-state index in [1.54, 1.807) is 12.1 Å². The van der Waals surface area contributed by atoms with Crippen LogP contribution in [0.2, 0.25) is 0 Å². The minimum atomic E-state index is -0.870. The van der Waals surface area contributed by atoms with Gasteiger partial charge in [0.15, 0.2) is 0 Å². The maximum atomic E-state index is 13.5. The zero-order chi connectivity index (χ0) is 14.5. The molecule has 1 unspecified atom stereocenters. The number of carbonyl (C=O) groups is 1. The lowest BCUT2D eigenvalue weighted by Crippen LogP contribution is -2.19. The van der Waals surface area contributed by atoms with Crippen molar-refractivity contribution in [1.29, 1.82) is 0 Å². The number of benzene rings is 2. The van der Waals surface area contributed by atoms with E-state index in [2.05, 4.69) is 15.9 Å². The highest BCUT2D eigenvalue weighted by atomic mass is 79.9. The van der Waals surface area contributed by atoms with Crippen LogP contribution in [0.5, 0.6) is 0 Å². The first-order valence-electron chi connectivity index (χ1n) is 6.27. The fraction of sp³-hybridized carbons (Fsp3) is 0.188. The van der Waals surface area contributed by atoms with E-state index in [1.165, 1.54) is 6.07 Å². The van der Waals surface area contributed by atoms with Crippen molar-refractivity contribution in [3.05, 3.63) is 69.9 Å². The first kappa shape index (κ1) is 14.7. The van der Waals surface area contributed by atoms with Gasteiger partial charge in [0.25, 0.3) is 0 Å². The van der Waals surface area contributed by atoms with Crippen molar-refractivity contribution in [2.75, 3.05) is 0 Å². The standard InChI is InChI=1S/C16H14BrFO2/c17-15-12(7-4-8-14(15)18)10-13(16(19)20)9-11-5-2-1-3-6-11/h1-8,13H,9-10H2,(H,19,20). The Labute approximate surface area is 125 Å². The Balaban J connectivity index is 2.18. The van der Waals surface area contributed by atoms with Crippen LogP contribution in [0.15, 0.2) is 53.0 Å². The second-order valence-corrected chi connectivity index (χ2v) is 5.43. The van der Waals surface area contributed by atoms with Gasteiger partial charge in [-0.25, -0.2) is 4.39 Å². The zero-order valence-corrected chi connectivity index (χ0v) is 12.3. The molecule has 0 aromatic heterocycles. The van der Waals surface area contributed by atoms with Crippen LogP contribution in [-0.4, -0.2) is 11.1 Å². The second-order valence-electron chi connectivity index (χ2n) is 4.64. The van der Waals surface area contributed by atoms with Gasteiger partial charge in [-0.1, -0.05) is 42.5 Å². The van der Waals surface area contributed by atoms with Crippen LogP contribution in [0.4, 0.5) is 4.39 Å². The van der Waals surface area contributed by atoms with Crippen LogP contribution in [0.25, 0.3) is 0 Å². The summed E-state index contributed by atoms with van der Waals surface area (Å²) in [5.74, 6) is -1.81. The largest absolute Gasteiger partial charge is 0.481 e. The van der Waals surface area contributed by atoms with Gasteiger partial charge in [0.1, 0.15) is 5.82 Å². The number of aliphatic carboxylic acids is 1. The first-order valence-corrected chi connectivity index (χ1v) is 7.07. The average molecular weight is 337 g/mol. The Morgan fingerprint density at radius 1 is 1.10 bits per heavy atom. The summed E-state index contributed by atoms with van der Waals surface area (Å²) in [6, 6.07) is 14.1. The third-order valence-corrected chi connectivity index (χ3v) is 4.06. The Bertz CT molecular complexity index is 599. The molecule has 1 N–H and O–H groups in total. The van der Waals surface area contributed by atoms with E-state index in [0.717, 1.165) is 5.56 Å². The summed E-state index contributed by atoms with van der Waals surface area (Å²) in [6.45, 7) is 0. The summed E-state index contributed by atoms with van der Waals surface area (Å²) in [5, 5.41) is 9.35. The molecule has 0 aliphatic carbocycles. The van der Waals surface area contributed by atoms with Gasteiger partial charge in [-0.05, 0) is 46.0 Å². The molecular weight excluding hydrogens is 323 g/mol. The maximum Gasteiger partial charge on any atom is 0.307 e. The van der Waals surface area contributed by atoms with Gasteiger partial charge < -0.3 is 5.11 Å². The fourth-order valence-corrected chi connectivity index (χ4v) is 2.54. The molecule has 0 spiro atoms. The Kier molecular flexibility index (Phi) is 4.90. The number of rotatable bonds is 5. The molecule has 0 aliphatic rings. The molecule has 2 nitrogen and oxygen atoms in total. The highest BCUT2D eigenvalue weighted by molar-refractivity contribution is 9.10. The lowest BCUT2D eigenvalue weighted by molar-refractivity contribution is -0.141. The van der Waals surface area contributed by atoms with Crippen LogP contribution in [0.1, 0.15) is 11.1 Å². The highest BCUT2D eigenvalue weighted by Crippen LogP contribution is 2.24. The Morgan fingerprint density at radius 2 is 1.80 bits per heavy atom. The summed E-state index contributed by atoms with van der Waals surface area (Å²) in [7, 11) is 0. The van der Waals surface area contributed by atoms with Gasteiger partial charge in [0, 0.05) is 0 Å². The maximum absolute atomic E-state index is 13.5. The van der Waals surface area contributed by atoms with Crippen molar-refractivity contribution in [3.8, 4) is 0 Å². The van der Waals surface area contributed by atoms with E-state index in [9.17, 15) is 14.3 Å². The molecule has 0 amide bonds. The molecule has 0 saturated carbocycles. The van der Waals surface area contributed by atoms with Gasteiger partial charge in [-0.2, -0.15) is 0 Å². The van der Waals surface area contributed by atoms with Crippen LogP contribution >= 0.6 is 15.9 Å². The SMILES string of the molecule is O=C(O)C(Cc1ccccc1)Cc1cccc(F)c1Br. The smallest absolute Gasteiger partial charge is 0.307 e. The van der Waals surface area contributed by atoms with E-state index in [4.69, 9.17) is 0 Å². The molecular formula is C16H14BrFO2. The molecule has 2 aromatic rings. The van der Waals surface area contributed by atoms with Crippen molar-refractivity contribution in [3.63, 3.8) is 0 Å². The minimum absolute atomic E-state index is 0.294. The van der Waals surface area contributed by atoms with Crippen LogP contribution < -0.4 is 0 Å². The molecule has 104 valence electrons. The van der Waals surface area contributed by atoms with Crippen molar-refractivity contribution < 1.29 is 14.3 Å². The lowest BCUT2D eigenvalue weighted by atomic mass is 9.92. The summed E-state index contributed by atoms with van der Waals surface area (Å²) < 4.78 is 13.8. The summed E-state index contributed by atoms with van der Waals surface area (Å²) >= 11 is 3.18. The van der Waals surface area contributed by atoms with Gasteiger partial charge in [-0.15, -0.1) is 0 Å². The molecule has 0 saturated heterocycles. The number of halogens is 2. The molecule has 2 aromatic carbocycles. The zero-order valence-electron chi connectivity index (χ0n) is 10.7. The molecule has 2 rings (SSSR count). The molecule has 0 radical (unpaired) electrons. The molecule has 0 heterocycles. The van der Waals surface area contributed by atoms with E-state index >= 15 is 0 Å². The minimum Gasteiger partial charge on any atom is -0.481 e. The van der Waals surface area contributed by atoms with Gasteiger partial charge in [0.05, 0.1) is 10.4 Å². The normalized spacial score (nSPS) is 12.1. The van der Waals surface area contributed by atoms with Crippen LogP contribution in [0, 0.1) is 11.7 Å². The van der Waals surface area contributed by atoms with Gasteiger partial charge in [0.2, 0.25) is 0 Å². The van der Waals surface area contributed by atoms with Crippen molar-refractivity contribution >= 4 is 21.9 Å². The van der Waals surface area contributed by atoms with Crippen molar-refractivity contribution in [2.45, 2.75) is 12.8 Å². The lowest BCUT2D eigenvalue weighted by Gasteiger charge is -2.14. The van der Waals surface area contributed by atoms with Crippen LogP contribution in [-0.2, 0) is 17.6 Å². The Hall–Kier alpha value is -1.68. The van der Waals surface area contributed by atoms with E-state index < -0.39 is 11.9 Å². The third kappa shape index (κ3) is 3.67. The van der Waals surface area contributed by atoms with Gasteiger partial charge in [-0.3, -0.25) is 4.79 Å². The van der Waals surface area contributed by atoms with Crippen molar-refractivity contribution in [1.82, 2.24) is 0 Å². The topological polar surface area (TPSA) is 37.3 Å². The second kappa shape index (κ2) is 6.66. The summed E-state index contributed by atoms with van der Waals surface area (Å²) in [5.41, 5.74) is 1.64. The number of hydrogen-bond donors (Lipinski definition) is 1. The first-order chi connectivity index (χ1) is 9.58. The monoisotopic (exact) mass is 336 g/mol. The van der Waals surface area contributed by atoms with Gasteiger partial charge >= 0.3 is 5.97 Å². The molecule has 20 heavy (non-hydrogen) atoms. The molecule has 1 atom stereocenters. The predicted octanol–water partition coefficient (Wildman–Crippen LogP) is 4.07.